The summed E-state index contributed by atoms with van der Waals surface area (Å²) in [5, 5.41) is -0.0178. The second-order valence-electron chi connectivity index (χ2n) is 7.50. The monoisotopic (exact) mass is 410 g/mol. The number of carbonyl (C=O) groups excluding carboxylic acids is 3. The average molecular weight is 410 g/mol. The Kier molecular flexibility index (Phi) is 4.86. The second-order valence-corrected chi connectivity index (χ2v) is 10.3. The summed E-state index contributed by atoms with van der Waals surface area (Å²) in [6.07, 6.45) is 2.93. The molecule has 29 heavy (non-hydrogen) atoms. The molecule has 1 amide bonds. The van der Waals surface area contributed by atoms with E-state index in [0.29, 0.717) is 48.2 Å². The van der Waals surface area contributed by atoms with Crippen LogP contribution in [0, 0.1) is 0 Å². The van der Waals surface area contributed by atoms with Crippen LogP contribution in [0.5, 0.6) is 0 Å². The third kappa shape index (κ3) is 3.29. The van der Waals surface area contributed by atoms with Crippen LogP contribution in [0.15, 0.2) is 46.8 Å². The smallest absolute Gasteiger partial charge is 0.253 e. The lowest BCUT2D eigenvalue weighted by Crippen LogP contribution is -2.42. The minimum Gasteiger partial charge on any atom is -0.339 e. The zero-order valence-corrected chi connectivity index (χ0v) is 17.2. The molecule has 150 valence electrons. The molecule has 1 heterocycles. The molecular weight excluding hydrogens is 388 g/mol. The van der Waals surface area contributed by atoms with E-state index in [2.05, 4.69) is 4.36 Å². The molecule has 6 nitrogen and oxygen atoms in total. The summed E-state index contributed by atoms with van der Waals surface area (Å²) in [4.78, 5) is 40.3. The fraction of sp³-hybridized carbons (Fsp3) is 0.318. The minimum absolute atomic E-state index is 0.0178. The predicted octanol–water partition coefficient (Wildman–Crippen LogP) is 2.79. The summed E-state index contributed by atoms with van der Waals surface area (Å²) in [6.45, 7) is 0.993. The first kappa shape index (κ1) is 19.5. The fourth-order valence-electron chi connectivity index (χ4n) is 4.06. The first-order chi connectivity index (χ1) is 13.8. The SMILES string of the molecule is CN=S(C)(=O)C1CCN(C(=O)c2ccc3c(c2)C(=O)c2ccccc2C3=O)CC1. The number of piperidine rings is 1. The first-order valence-corrected chi connectivity index (χ1v) is 11.5. The van der Waals surface area contributed by atoms with E-state index in [1.165, 1.54) is 6.07 Å². The number of hydrogen-bond donors (Lipinski definition) is 0. The topological polar surface area (TPSA) is 83.9 Å². The number of nitrogens with zero attached hydrogens (tertiary/aromatic N) is 2. The van der Waals surface area contributed by atoms with Crippen LogP contribution in [0.1, 0.15) is 55.0 Å². The number of rotatable bonds is 2. The molecule has 1 saturated heterocycles. The van der Waals surface area contributed by atoms with Gasteiger partial charge in [0.25, 0.3) is 5.91 Å². The summed E-state index contributed by atoms with van der Waals surface area (Å²) in [7, 11) is -0.661. The maximum absolute atomic E-state index is 13.0. The molecular formula is C22H22N2O4S. The van der Waals surface area contributed by atoms with E-state index in [0.717, 1.165) is 0 Å². The molecule has 2 aliphatic rings. The minimum atomic E-state index is -2.23. The van der Waals surface area contributed by atoms with Crippen molar-refractivity contribution in [2.45, 2.75) is 18.1 Å². The molecule has 4 rings (SSSR count). The Morgan fingerprint density at radius 3 is 2.10 bits per heavy atom. The normalized spacial score (nSPS) is 18.6. The Bertz CT molecular complexity index is 1150. The number of ketones is 2. The highest BCUT2D eigenvalue weighted by atomic mass is 32.2. The Morgan fingerprint density at radius 2 is 1.52 bits per heavy atom. The van der Waals surface area contributed by atoms with Crippen molar-refractivity contribution < 1.29 is 18.6 Å². The van der Waals surface area contributed by atoms with Crippen LogP contribution in [-0.4, -0.2) is 58.2 Å². The van der Waals surface area contributed by atoms with Gasteiger partial charge in [0.05, 0.1) is 0 Å². The molecule has 1 unspecified atom stereocenters. The number of carbonyl (C=O) groups is 3. The number of benzene rings is 2. The van der Waals surface area contributed by atoms with Gasteiger partial charge in [-0.25, -0.2) is 8.57 Å². The molecule has 0 N–H and O–H groups in total. The maximum atomic E-state index is 13.0. The van der Waals surface area contributed by atoms with Crippen molar-refractivity contribution in [1.82, 2.24) is 4.90 Å². The van der Waals surface area contributed by atoms with E-state index in [4.69, 9.17) is 0 Å². The molecule has 1 aliphatic heterocycles. The molecule has 0 saturated carbocycles. The second kappa shape index (κ2) is 7.22. The van der Waals surface area contributed by atoms with Gasteiger partial charge in [-0.2, -0.15) is 0 Å². The summed E-state index contributed by atoms with van der Waals surface area (Å²) in [5.41, 5.74) is 1.77. The molecule has 0 bridgehead atoms. The van der Waals surface area contributed by atoms with Crippen molar-refractivity contribution in [1.29, 1.82) is 0 Å². The van der Waals surface area contributed by atoms with E-state index in [-0.39, 0.29) is 28.3 Å². The van der Waals surface area contributed by atoms with Crippen molar-refractivity contribution in [3.63, 3.8) is 0 Å². The average Bonchev–Trinajstić information content (AvgIpc) is 2.76. The molecule has 2 aromatic carbocycles. The highest BCUT2D eigenvalue weighted by Crippen LogP contribution is 2.28. The molecule has 1 aliphatic carbocycles. The third-order valence-electron chi connectivity index (χ3n) is 5.88. The summed E-state index contributed by atoms with van der Waals surface area (Å²) in [6, 6.07) is 11.5. The van der Waals surface area contributed by atoms with Crippen LogP contribution < -0.4 is 0 Å². The van der Waals surface area contributed by atoms with Crippen LogP contribution >= 0.6 is 0 Å². The van der Waals surface area contributed by atoms with Crippen molar-refractivity contribution in [3.05, 3.63) is 70.3 Å². The van der Waals surface area contributed by atoms with Crippen LogP contribution in [0.25, 0.3) is 0 Å². The molecule has 2 aromatic rings. The van der Waals surface area contributed by atoms with Gasteiger partial charge in [0.15, 0.2) is 11.6 Å². The third-order valence-corrected chi connectivity index (χ3v) is 8.32. The van der Waals surface area contributed by atoms with Crippen molar-refractivity contribution >= 4 is 27.2 Å². The van der Waals surface area contributed by atoms with Gasteiger partial charge in [0, 0.05) is 69.2 Å². The van der Waals surface area contributed by atoms with Crippen LogP contribution in [-0.2, 0) is 9.73 Å². The van der Waals surface area contributed by atoms with Gasteiger partial charge in [-0.15, -0.1) is 0 Å². The molecule has 7 heteroatoms. The van der Waals surface area contributed by atoms with Gasteiger partial charge >= 0.3 is 0 Å². The van der Waals surface area contributed by atoms with E-state index >= 15 is 0 Å². The predicted molar refractivity (Wildman–Crippen MR) is 111 cm³/mol. The standard InChI is InChI=1S/C22H22N2O4S/c1-23-29(2,28)15-9-11-24(12-10-15)22(27)14-7-8-18-19(13-14)21(26)17-6-4-3-5-16(17)20(18)25/h3-8,13,15H,9-12H2,1-2H3. The lowest BCUT2D eigenvalue weighted by atomic mass is 9.83. The lowest BCUT2D eigenvalue weighted by Gasteiger charge is -2.32. The first-order valence-electron chi connectivity index (χ1n) is 9.54. The summed E-state index contributed by atoms with van der Waals surface area (Å²) >= 11 is 0. The summed E-state index contributed by atoms with van der Waals surface area (Å²) < 4.78 is 16.5. The van der Waals surface area contributed by atoms with E-state index in [9.17, 15) is 18.6 Å². The largest absolute Gasteiger partial charge is 0.339 e. The molecule has 0 spiro atoms. The van der Waals surface area contributed by atoms with Crippen molar-refractivity contribution in [3.8, 4) is 0 Å². The Balaban J connectivity index is 1.59. The van der Waals surface area contributed by atoms with Gasteiger partial charge in [-0.1, -0.05) is 24.3 Å². The van der Waals surface area contributed by atoms with Gasteiger partial charge < -0.3 is 4.90 Å². The zero-order valence-electron chi connectivity index (χ0n) is 16.4. The van der Waals surface area contributed by atoms with Crippen molar-refractivity contribution in [2.24, 2.45) is 4.36 Å². The van der Waals surface area contributed by atoms with Gasteiger partial charge in [-0.05, 0) is 31.0 Å². The summed E-state index contributed by atoms with van der Waals surface area (Å²) in [5.74, 6) is -0.615. The molecule has 1 fully saturated rings. The number of fused-ring (bicyclic) bond motifs is 2. The van der Waals surface area contributed by atoms with Crippen molar-refractivity contribution in [2.75, 3.05) is 26.4 Å². The van der Waals surface area contributed by atoms with Crippen LogP contribution in [0.3, 0.4) is 0 Å². The molecule has 0 radical (unpaired) electrons. The number of likely N-dealkylation sites (tertiary alicyclic amines) is 1. The maximum Gasteiger partial charge on any atom is 0.253 e. The van der Waals surface area contributed by atoms with Gasteiger partial charge in [0.2, 0.25) is 0 Å². The van der Waals surface area contributed by atoms with E-state index < -0.39 is 9.73 Å². The zero-order chi connectivity index (χ0) is 20.8. The van der Waals surface area contributed by atoms with Gasteiger partial charge in [-0.3, -0.25) is 14.4 Å². The van der Waals surface area contributed by atoms with E-state index in [1.54, 1.807) is 54.6 Å². The lowest BCUT2D eigenvalue weighted by molar-refractivity contribution is 0.0726. The number of amides is 1. The Morgan fingerprint density at radius 1 is 0.966 bits per heavy atom. The molecule has 1 atom stereocenters. The quantitative estimate of drug-likeness (QED) is 0.650. The highest BCUT2D eigenvalue weighted by Gasteiger charge is 2.32. The number of hydrogen-bond acceptors (Lipinski definition) is 5. The van der Waals surface area contributed by atoms with Gasteiger partial charge in [0.1, 0.15) is 0 Å². The molecule has 0 aromatic heterocycles. The Labute approximate surface area is 170 Å². The fourth-order valence-corrected chi connectivity index (χ4v) is 5.44. The highest BCUT2D eigenvalue weighted by molar-refractivity contribution is 7.93. The van der Waals surface area contributed by atoms with E-state index in [1.807, 2.05) is 0 Å². The van der Waals surface area contributed by atoms with Crippen LogP contribution in [0.4, 0.5) is 0 Å². The van der Waals surface area contributed by atoms with Crippen LogP contribution in [0.2, 0.25) is 0 Å². The Hall–Kier alpha value is -2.80.